The number of piperidine rings is 1. The number of aliphatic hydroxyl groups is 1. The standard InChI is InChI=1S/C25H29Cl2F3N4O4S/c1-32(2)39(37,38)22-7-6-18(13-21(22)27)31-19-14-34(15-19)20-8-10-33(11-9-20)23(35)24(36,25(28,29)30)16-4-3-5-17(26)12-16/h3-7,12-13,19-20,31,36H,8-11,14-15H2,1-2H3. The lowest BCUT2D eigenvalue weighted by Gasteiger charge is -2.48. The zero-order valence-electron chi connectivity index (χ0n) is 21.3. The van der Waals surface area contributed by atoms with Crippen molar-refractivity contribution in [2.45, 2.75) is 41.6 Å². The van der Waals surface area contributed by atoms with Crippen LogP contribution in [0.3, 0.4) is 0 Å². The first-order chi connectivity index (χ1) is 18.1. The number of carbonyl (C=O) groups is 1. The van der Waals surface area contributed by atoms with Gasteiger partial charge < -0.3 is 15.3 Å². The lowest BCUT2D eigenvalue weighted by atomic mass is 9.89. The van der Waals surface area contributed by atoms with Crippen LogP contribution in [0.1, 0.15) is 18.4 Å². The molecule has 214 valence electrons. The lowest BCUT2D eigenvalue weighted by molar-refractivity contribution is -0.262. The molecule has 2 aliphatic heterocycles. The van der Waals surface area contributed by atoms with Crippen LogP contribution in [0, 0.1) is 0 Å². The largest absolute Gasteiger partial charge is 0.430 e. The van der Waals surface area contributed by atoms with Crippen molar-refractivity contribution in [2.75, 3.05) is 45.6 Å². The van der Waals surface area contributed by atoms with E-state index in [2.05, 4.69) is 10.2 Å². The Morgan fingerprint density at radius 2 is 1.72 bits per heavy atom. The van der Waals surface area contributed by atoms with Crippen molar-refractivity contribution in [2.24, 2.45) is 0 Å². The highest BCUT2D eigenvalue weighted by Crippen LogP contribution is 2.42. The summed E-state index contributed by atoms with van der Waals surface area (Å²) >= 11 is 12.0. The molecule has 14 heteroatoms. The molecule has 2 N–H and O–H groups in total. The molecule has 4 rings (SSSR count). The fourth-order valence-corrected chi connectivity index (χ4v) is 6.52. The number of hydrogen-bond donors (Lipinski definition) is 2. The number of nitrogens with one attached hydrogen (secondary N) is 1. The third-order valence-corrected chi connectivity index (χ3v) is 9.73. The Kier molecular flexibility index (Phi) is 8.47. The molecule has 2 aromatic carbocycles. The SMILES string of the molecule is CN(C)S(=O)(=O)c1ccc(NC2CN(C3CCN(C(=O)C(O)(c4cccc(Cl)c4)C(F)(F)F)CC3)C2)cc1Cl. The van der Waals surface area contributed by atoms with E-state index >= 15 is 0 Å². The molecular formula is C25H29Cl2F3N4O4S. The van der Waals surface area contributed by atoms with Crippen molar-refractivity contribution in [1.29, 1.82) is 0 Å². The number of nitrogens with zero attached hydrogens (tertiary/aromatic N) is 3. The fraction of sp³-hybridized carbons (Fsp3) is 0.480. The molecule has 2 fully saturated rings. The van der Waals surface area contributed by atoms with E-state index in [-0.39, 0.29) is 40.1 Å². The van der Waals surface area contributed by atoms with Crippen LogP contribution in [-0.4, -0.2) is 92.1 Å². The second kappa shape index (κ2) is 11.1. The first-order valence-electron chi connectivity index (χ1n) is 12.2. The zero-order valence-corrected chi connectivity index (χ0v) is 23.6. The van der Waals surface area contributed by atoms with Gasteiger partial charge in [0, 0.05) is 62.6 Å². The Labute approximate surface area is 235 Å². The van der Waals surface area contributed by atoms with Crippen LogP contribution in [0.2, 0.25) is 10.0 Å². The van der Waals surface area contributed by atoms with Crippen LogP contribution in [0.4, 0.5) is 18.9 Å². The van der Waals surface area contributed by atoms with E-state index in [9.17, 15) is 31.5 Å². The topological polar surface area (TPSA) is 93.2 Å². The van der Waals surface area contributed by atoms with E-state index in [1.165, 1.54) is 32.3 Å². The van der Waals surface area contributed by atoms with E-state index in [1.807, 2.05) is 0 Å². The summed E-state index contributed by atoms with van der Waals surface area (Å²) in [6.07, 6.45) is -4.30. The van der Waals surface area contributed by atoms with Gasteiger partial charge in [0.05, 0.1) is 11.1 Å². The minimum Gasteiger partial charge on any atom is -0.380 e. The van der Waals surface area contributed by atoms with Gasteiger partial charge in [-0.25, -0.2) is 12.7 Å². The monoisotopic (exact) mass is 608 g/mol. The van der Waals surface area contributed by atoms with Gasteiger partial charge in [-0.15, -0.1) is 0 Å². The number of sulfonamides is 1. The highest BCUT2D eigenvalue weighted by atomic mass is 35.5. The van der Waals surface area contributed by atoms with Crippen molar-refractivity contribution in [3.8, 4) is 0 Å². The normalized spacial score (nSPS) is 19.6. The Hall–Kier alpha value is -2.09. The molecule has 2 aromatic rings. The van der Waals surface area contributed by atoms with Crippen molar-refractivity contribution < 1.29 is 31.5 Å². The van der Waals surface area contributed by atoms with Crippen LogP contribution in [0.5, 0.6) is 0 Å². The molecular weight excluding hydrogens is 580 g/mol. The second-order valence-electron chi connectivity index (χ2n) is 9.97. The van der Waals surface area contributed by atoms with Crippen molar-refractivity contribution in [3.63, 3.8) is 0 Å². The van der Waals surface area contributed by atoms with Gasteiger partial charge in [0.25, 0.3) is 11.5 Å². The molecule has 1 unspecified atom stereocenters. The number of hydrogen-bond acceptors (Lipinski definition) is 6. The van der Waals surface area contributed by atoms with Crippen molar-refractivity contribution >= 4 is 44.8 Å². The molecule has 0 bridgehead atoms. The van der Waals surface area contributed by atoms with Gasteiger partial charge in [-0.3, -0.25) is 9.69 Å². The Morgan fingerprint density at radius 1 is 1.08 bits per heavy atom. The summed E-state index contributed by atoms with van der Waals surface area (Å²) in [5, 5.41) is 14.1. The van der Waals surface area contributed by atoms with E-state index in [4.69, 9.17) is 23.2 Å². The summed E-state index contributed by atoms with van der Waals surface area (Å²) in [7, 11) is -0.805. The van der Waals surface area contributed by atoms with Gasteiger partial charge in [0.1, 0.15) is 4.90 Å². The number of alkyl halides is 3. The summed E-state index contributed by atoms with van der Waals surface area (Å²) in [6.45, 7) is 1.49. The number of rotatable bonds is 7. The number of carbonyl (C=O) groups excluding carboxylic acids is 1. The summed E-state index contributed by atoms with van der Waals surface area (Å²) in [5.41, 5.74) is -3.62. The molecule has 2 aliphatic rings. The van der Waals surface area contributed by atoms with Gasteiger partial charge in [0.2, 0.25) is 10.0 Å². The number of anilines is 1. The molecule has 0 saturated carbocycles. The van der Waals surface area contributed by atoms with E-state index in [0.29, 0.717) is 31.6 Å². The molecule has 2 heterocycles. The number of benzene rings is 2. The minimum absolute atomic E-state index is 0.0144. The maximum Gasteiger partial charge on any atom is 0.430 e. The van der Waals surface area contributed by atoms with Crippen LogP contribution in [-0.2, 0) is 20.4 Å². The molecule has 0 aliphatic carbocycles. The van der Waals surface area contributed by atoms with Crippen molar-refractivity contribution in [1.82, 2.24) is 14.1 Å². The first-order valence-corrected chi connectivity index (χ1v) is 14.4. The highest BCUT2D eigenvalue weighted by Gasteiger charge is 2.62. The third-order valence-electron chi connectivity index (χ3n) is 7.20. The fourth-order valence-electron chi connectivity index (χ4n) is 4.92. The molecule has 1 amide bonds. The number of halogens is 5. The van der Waals surface area contributed by atoms with E-state index in [0.717, 1.165) is 21.3 Å². The third kappa shape index (κ3) is 5.86. The zero-order chi connectivity index (χ0) is 28.8. The van der Waals surface area contributed by atoms with Crippen LogP contribution in [0.15, 0.2) is 47.4 Å². The minimum atomic E-state index is -5.22. The quantitative estimate of drug-likeness (QED) is 0.497. The smallest absolute Gasteiger partial charge is 0.380 e. The lowest BCUT2D eigenvalue weighted by Crippen LogP contribution is -2.62. The Balaban J connectivity index is 1.33. The van der Waals surface area contributed by atoms with Crippen molar-refractivity contribution in [3.05, 3.63) is 58.1 Å². The first kappa shape index (κ1) is 29.9. The average molecular weight is 609 g/mol. The molecule has 0 radical (unpaired) electrons. The molecule has 0 spiro atoms. The van der Waals surface area contributed by atoms with Gasteiger partial charge in [0.15, 0.2) is 0 Å². The summed E-state index contributed by atoms with van der Waals surface area (Å²) in [6, 6.07) is 9.44. The highest BCUT2D eigenvalue weighted by molar-refractivity contribution is 7.89. The molecule has 39 heavy (non-hydrogen) atoms. The van der Waals surface area contributed by atoms with E-state index < -0.39 is 33.3 Å². The van der Waals surface area contributed by atoms with Gasteiger partial charge in [-0.1, -0.05) is 35.3 Å². The Bertz CT molecular complexity index is 1330. The maximum absolute atomic E-state index is 14.0. The van der Waals surface area contributed by atoms with Gasteiger partial charge in [-0.2, -0.15) is 13.2 Å². The molecule has 0 aromatic heterocycles. The maximum atomic E-state index is 14.0. The van der Waals surface area contributed by atoms with Gasteiger partial charge >= 0.3 is 6.18 Å². The summed E-state index contributed by atoms with van der Waals surface area (Å²) < 4.78 is 67.7. The van der Waals surface area contributed by atoms with Crippen LogP contribution >= 0.6 is 23.2 Å². The van der Waals surface area contributed by atoms with Crippen LogP contribution < -0.4 is 5.32 Å². The molecule has 2 saturated heterocycles. The summed E-state index contributed by atoms with van der Waals surface area (Å²) in [4.78, 5) is 16.2. The van der Waals surface area contributed by atoms with E-state index in [1.54, 1.807) is 12.1 Å². The number of amides is 1. The van der Waals surface area contributed by atoms with Crippen LogP contribution in [0.25, 0.3) is 0 Å². The predicted molar refractivity (Wildman–Crippen MR) is 142 cm³/mol. The Morgan fingerprint density at radius 3 is 2.26 bits per heavy atom. The molecule has 8 nitrogen and oxygen atoms in total. The second-order valence-corrected chi connectivity index (χ2v) is 12.9. The van der Waals surface area contributed by atoms with Gasteiger partial charge in [-0.05, 0) is 43.2 Å². The number of likely N-dealkylation sites (tertiary alicyclic amines) is 2. The predicted octanol–water partition coefficient (Wildman–Crippen LogP) is 3.78. The average Bonchev–Trinajstić information content (AvgIpc) is 2.84. The molecule has 1 atom stereocenters. The summed E-state index contributed by atoms with van der Waals surface area (Å²) in [5.74, 6) is -1.41.